The van der Waals surface area contributed by atoms with E-state index >= 15 is 0 Å². The highest BCUT2D eigenvalue weighted by molar-refractivity contribution is 5.69. The second kappa shape index (κ2) is 6.88. The largest absolute Gasteiger partial charge is 0.466 e. The van der Waals surface area contributed by atoms with E-state index in [1.54, 1.807) is 0 Å². The molecule has 88 valence electrons. The summed E-state index contributed by atoms with van der Waals surface area (Å²) >= 11 is 0. The van der Waals surface area contributed by atoms with Gasteiger partial charge in [-0.05, 0) is 25.5 Å². The van der Waals surface area contributed by atoms with Crippen LogP contribution in [0, 0.1) is 0 Å². The van der Waals surface area contributed by atoms with E-state index in [1.165, 1.54) is 5.69 Å². The number of carbonyl (C=O) groups excluding carboxylic acids is 1. The minimum Gasteiger partial charge on any atom is -0.466 e. The molecule has 0 bridgehead atoms. The highest BCUT2D eigenvalue weighted by Crippen LogP contribution is 2.11. The number of hydrogen-bond acceptors (Lipinski definition) is 3. The molecule has 1 aromatic carbocycles. The van der Waals surface area contributed by atoms with E-state index in [-0.39, 0.29) is 5.97 Å². The smallest absolute Gasteiger partial charge is 0.305 e. The van der Waals surface area contributed by atoms with E-state index in [9.17, 15) is 4.79 Å². The Bertz CT molecular complexity index is 311. The second-order valence-electron chi connectivity index (χ2n) is 3.67. The lowest BCUT2D eigenvalue weighted by atomic mass is 10.2. The number of benzene rings is 1. The molecule has 16 heavy (non-hydrogen) atoms. The number of hydrogen-bond donors (Lipinski definition) is 0. The van der Waals surface area contributed by atoms with Crippen molar-refractivity contribution in [3.05, 3.63) is 30.3 Å². The molecule has 0 aliphatic heterocycles. The molecular formula is C13H19NO2. The Morgan fingerprint density at radius 2 is 2.00 bits per heavy atom. The maximum atomic E-state index is 11.1. The maximum Gasteiger partial charge on any atom is 0.305 e. The Labute approximate surface area is 97.0 Å². The lowest BCUT2D eigenvalue weighted by molar-refractivity contribution is -0.143. The average Bonchev–Trinajstić information content (AvgIpc) is 2.30. The summed E-state index contributed by atoms with van der Waals surface area (Å²) in [7, 11) is 2.03. The van der Waals surface area contributed by atoms with Crippen molar-refractivity contribution < 1.29 is 9.53 Å². The zero-order valence-corrected chi connectivity index (χ0v) is 9.98. The molecule has 0 fully saturated rings. The van der Waals surface area contributed by atoms with Crippen molar-refractivity contribution in [3.63, 3.8) is 0 Å². The van der Waals surface area contributed by atoms with Gasteiger partial charge in [-0.2, -0.15) is 0 Å². The summed E-state index contributed by atoms with van der Waals surface area (Å²) in [6.07, 6.45) is 1.31. The monoisotopic (exact) mass is 221 g/mol. The van der Waals surface area contributed by atoms with Gasteiger partial charge < -0.3 is 9.64 Å². The van der Waals surface area contributed by atoms with Gasteiger partial charge in [-0.25, -0.2) is 0 Å². The summed E-state index contributed by atoms with van der Waals surface area (Å²) in [6, 6.07) is 10.1. The molecule has 0 saturated heterocycles. The van der Waals surface area contributed by atoms with Crippen LogP contribution in [0.3, 0.4) is 0 Å². The van der Waals surface area contributed by atoms with Gasteiger partial charge in [0.2, 0.25) is 0 Å². The van der Waals surface area contributed by atoms with Gasteiger partial charge in [-0.3, -0.25) is 4.79 Å². The fraction of sp³-hybridized carbons (Fsp3) is 0.462. The molecular weight excluding hydrogens is 202 g/mol. The van der Waals surface area contributed by atoms with Gasteiger partial charge in [0, 0.05) is 25.7 Å². The van der Waals surface area contributed by atoms with Gasteiger partial charge in [0.15, 0.2) is 0 Å². The maximum absolute atomic E-state index is 11.1. The van der Waals surface area contributed by atoms with E-state index in [2.05, 4.69) is 17.0 Å². The summed E-state index contributed by atoms with van der Waals surface area (Å²) in [5.41, 5.74) is 1.17. The summed E-state index contributed by atoms with van der Waals surface area (Å²) in [4.78, 5) is 13.3. The van der Waals surface area contributed by atoms with Crippen LogP contribution >= 0.6 is 0 Å². The van der Waals surface area contributed by atoms with Crippen LogP contribution in [0.2, 0.25) is 0 Å². The Kier molecular flexibility index (Phi) is 5.40. The number of nitrogens with zero attached hydrogens (tertiary/aromatic N) is 1. The summed E-state index contributed by atoms with van der Waals surface area (Å²) in [5, 5.41) is 0. The van der Waals surface area contributed by atoms with Crippen LogP contribution in [-0.4, -0.2) is 26.2 Å². The topological polar surface area (TPSA) is 29.5 Å². The zero-order valence-electron chi connectivity index (χ0n) is 9.98. The molecule has 1 rings (SSSR count). The molecule has 0 radical (unpaired) electrons. The van der Waals surface area contributed by atoms with E-state index < -0.39 is 0 Å². The summed E-state index contributed by atoms with van der Waals surface area (Å²) in [5.74, 6) is -0.107. The van der Waals surface area contributed by atoms with Crippen LogP contribution in [0.4, 0.5) is 5.69 Å². The molecule has 0 amide bonds. The Morgan fingerprint density at radius 1 is 1.31 bits per heavy atom. The number of carbonyl (C=O) groups is 1. The molecule has 0 unspecified atom stereocenters. The van der Waals surface area contributed by atoms with E-state index in [4.69, 9.17) is 4.74 Å². The minimum atomic E-state index is -0.107. The number of anilines is 1. The molecule has 0 aliphatic rings. The van der Waals surface area contributed by atoms with Gasteiger partial charge in [-0.15, -0.1) is 0 Å². The van der Waals surface area contributed by atoms with Crippen LogP contribution in [-0.2, 0) is 9.53 Å². The normalized spacial score (nSPS) is 9.88. The molecule has 0 saturated carbocycles. The van der Waals surface area contributed by atoms with E-state index in [1.807, 2.05) is 32.2 Å². The lowest BCUT2D eigenvalue weighted by Crippen LogP contribution is -2.19. The third-order valence-electron chi connectivity index (χ3n) is 2.38. The average molecular weight is 221 g/mol. The van der Waals surface area contributed by atoms with E-state index in [0.29, 0.717) is 13.0 Å². The Morgan fingerprint density at radius 3 is 2.62 bits per heavy atom. The van der Waals surface area contributed by atoms with Gasteiger partial charge >= 0.3 is 5.97 Å². The van der Waals surface area contributed by atoms with Crippen LogP contribution in [0.25, 0.3) is 0 Å². The second-order valence-corrected chi connectivity index (χ2v) is 3.67. The fourth-order valence-corrected chi connectivity index (χ4v) is 1.51. The first-order valence-corrected chi connectivity index (χ1v) is 5.66. The first-order valence-electron chi connectivity index (χ1n) is 5.66. The number of para-hydroxylation sites is 1. The minimum absolute atomic E-state index is 0.107. The van der Waals surface area contributed by atoms with Crippen LogP contribution in [0.5, 0.6) is 0 Å². The predicted octanol–water partition coefficient (Wildman–Crippen LogP) is 2.47. The summed E-state index contributed by atoms with van der Waals surface area (Å²) in [6.45, 7) is 3.16. The molecule has 0 aliphatic carbocycles. The molecule has 3 heteroatoms. The van der Waals surface area contributed by atoms with Gasteiger partial charge in [0.25, 0.3) is 0 Å². The fourth-order valence-electron chi connectivity index (χ4n) is 1.51. The van der Waals surface area contributed by atoms with Crippen molar-refractivity contribution >= 4 is 11.7 Å². The van der Waals surface area contributed by atoms with Crippen molar-refractivity contribution in [3.8, 4) is 0 Å². The molecule has 0 N–H and O–H groups in total. The van der Waals surface area contributed by atoms with Gasteiger partial charge in [-0.1, -0.05) is 18.2 Å². The van der Waals surface area contributed by atoms with Crippen molar-refractivity contribution in [2.75, 3.05) is 25.1 Å². The third kappa shape index (κ3) is 4.34. The standard InChI is InChI=1S/C13H19NO2/c1-3-16-13(15)10-7-11-14(2)12-8-5-4-6-9-12/h4-6,8-9H,3,7,10-11H2,1-2H3. The van der Waals surface area contributed by atoms with Gasteiger partial charge in [0.05, 0.1) is 6.61 Å². The molecule has 0 spiro atoms. The van der Waals surface area contributed by atoms with Crippen molar-refractivity contribution in [1.82, 2.24) is 0 Å². The zero-order chi connectivity index (χ0) is 11.8. The quantitative estimate of drug-likeness (QED) is 0.691. The molecule has 0 aromatic heterocycles. The number of rotatable bonds is 6. The molecule has 0 atom stereocenters. The van der Waals surface area contributed by atoms with Crippen LogP contribution in [0.1, 0.15) is 19.8 Å². The van der Waals surface area contributed by atoms with Gasteiger partial charge in [0.1, 0.15) is 0 Å². The highest BCUT2D eigenvalue weighted by Gasteiger charge is 2.03. The first kappa shape index (κ1) is 12.6. The highest BCUT2D eigenvalue weighted by atomic mass is 16.5. The molecule has 3 nitrogen and oxygen atoms in total. The lowest BCUT2D eigenvalue weighted by Gasteiger charge is -2.18. The number of ether oxygens (including phenoxy) is 1. The van der Waals surface area contributed by atoms with Crippen LogP contribution < -0.4 is 4.90 Å². The molecule has 1 aromatic rings. The van der Waals surface area contributed by atoms with Crippen molar-refractivity contribution in [1.29, 1.82) is 0 Å². The van der Waals surface area contributed by atoms with Crippen molar-refractivity contribution in [2.45, 2.75) is 19.8 Å². The predicted molar refractivity (Wildman–Crippen MR) is 65.6 cm³/mol. The van der Waals surface area contributed by atoms with Crippen molar-refractivity contribution in [2.24, 2.45) is 0 Å². The Balaban J connectivity index is 2.26. The third-order valence-corrected chi connectivity index (χ3v) is 2.38. The van der Waals surface area contributed by atoms with Crippen LogP contribution in [0.15, 0.2) is 30.3 Å². The Hall–Kier alpha value is -1.51. The molecule has 0 heterocycles. The summed E-state index contributed by atoms with van der Waals surface area (Å²) < 4.78 is 4.87. The SMILES string of the molecule is CCOC(=O)CCCN(C)c1ccccc1. The number of esters is 1. The van der Waals surface area contributed by atoms with E-state index in [0.717, 1.165) is 13.0 Å². The first-order chi connectivity index (χ1) is 7.74.